The highest BCUT2D eigenvalue weighted by atomic mass is 16.5. The van der Waals surface area contributed by atoms with Gasteiger partial charge in [-0.05, 0) is 30.8 Å². The van der Waals surface area contributed by atoms with Crippen LogP contribution in [0.1, 0.15) is 19.4 Å². The van der Waals surface area contributed by atoms with Crippen LogP contribution < -0.4 is 9.47 Å². The third kappa shape index (κ3) is 7.88. The van der Waals surface area contributed by atoms with Crippen molar-refractivity contribution in [3.8, 4) is 11.5 Å². The second-order valence-electron chi connectivity index (χ2n) is 6.16. The summed E-state index contributed by atoms with van der Waals surface area (Å²) in [6.45, 7) is 8.38. The Morgan fingerprint density at radius 1 is 1.00 bits per heavy atom. The minimum absolute atomic E-state index is 0.0444. The number of hydrogen-bond donors (Lipinski definition) is 3. The smallest absolute Gasteiger partial charge is 0.161 e. The molecule has 1 aromatic rings. The molecule has 3 N–H and O–H groups in total. The molecule has 0 saturated heterocycles. The fourth-order valence-corrected chi connectivity index (χ4v) is 2.76. The number of nitrogens with zero attached hydrogens (tertiary/aromatic N) is 2. The summed E-state index contributed by atoms with van der Waals surface area (Å²) in [7, 11) is 1.58. The molecule has 0 aliphatic heterocycles. The van der Waals surface area contributed by atoms with Crippen LogP contribution in [-0.2, 0) is 6.54 Å². The molecule has 0 bridgehead atoms. The van der Waals surface area contributed by atoms with Crippen LogP contribution in [-0.4, -0.2) is 90.9 Å². The molecule has 7 nitrogen and oxygen atoms in total. The second kappa shape index (κ2) is 12.9. The molecule has 26 heavy (non-hydrogen) atoms. The molecule has 7 heteroatoms. The van der Waals surface area contributed by atoms with Gasteiger partial charge in [0.25, 0.3) is 0 Å². The Morgan fingerprint density at radius 3 is 2.19 bits per heavy atom. The Kier molecular flexibility index (Phi) is 11.2. The van der Waals surface area contributed by atoms with Crippen molar-refractivity contribution in [2.45, 2.75) is 26.5 Å². The van der Waals surface area contributed by atoms with E-state index in [-0.39, 0.29) is 19.8 Å². The van der Waals surface area contributed by atoms with Crippen molar-refractivity contribution in [3.05, 3.63) is 23.8 Å². The summed E-state index contributed by atoms with van der Waals surface area (Å²) in [6.07, 6.45) is -0.566. The lowest BCUT2D eigenvalue weighted by Crippen LogP contribution is -2.35. The number of methoxy groups -OCH3 is 1. The molecule has 0 amide bonds. The van der Waals surface area contributed by atoms with Crippen LogP contribution in [0.15, 0.2) is 18.2 Å². The number of benzene rings is 1. The standard InChI is InChI=1S/C19H34N2O5/c1-4-20(5-2)14-17(24)15-26-18-7-6-16(12-19(18)25-3)13-21(8-10-22)9-11-23/h6-7,12,17,22-24H,4-5,8-11,13-15H2,1-3H3. The molecule has 0 aromatic heterocycles. The molecule has 0 fully saturated rings. The first-order valence-corrected chi connectivity index (χ1v) is 9.22. The normalized spacial score (nSPS) is 12.6. The largest absolute Gasteiger partial charge is 0.493 e. The molecule has 150 valence electrons. The van der Waals surface area contributed by atoms with Crippen LogP contribution in [0.25, 0.3) is 0 Å². The number of aliphatic hydroxyl groups excluding tert-OH is 3. The highest BCUT2D eigenvalue weighted by Crippen LogP contribution is 2.28. The van der Waals surface area contributed by atoms with Gasteiger partial charge in [0.15, 0.2) is 11.5 Å². The number of rotatable bonds is 14. The van der Waals surface area contributed by atoms with Crippen LogP contribution >= 0.6 is 0 Å². The average molecular weight is 370 g/mol. The molecule has 0 radical (unpaired) electrons. The summed E-state index contributed by atoms with van der Waals surface area (Å²) >= 11 is 0. The van der Waals surface area contributed by atoms with Crippen LogP contribution in [0.4, 0.5) is 0 Å². The minimum Gasteiger partial charge on any atom is -0.493 e. The van der Waals surface area contributed by atoms with Crippen molar-refractivity contribution in [1.82, 2.24) is 9.80 Å². The fraction of sp³-hybridized carbons (Fsp3) is 0.684. The summed E-state index contributed by atoms with van der Waals surface area (Å²) in [5, 5.41) is 28.4. The quantitative estimate of drug-likeness (QED) is 0.441. The van der Waals surface area contributed by atoms with Gasteiger partial charge >= 0.3 is 0 Å². The molecular weight excluding hydrogens is 336 g/mol. The minimum atomic E-state index is -0.566. The predicted octanol–water partition coefficient (Wildman–Crippen LogP) is 0.563. The van der Waals surface area contributed by atoms with E-state index in [9.17, 15) is 5.11 Å². The lowest BCUT2D eigenvalue weighted by Gasteiger charge is -2.23. The molecule has 0 heterocycles. The third-order valence-corrected chi connectivity index (χ3v) is 4.26. The molecule has 1 atom stereocenters. The van der Waals surface area contributed by atoms with E-state index in [0.717, 1.165) is 18.7 Å². The van der Waals surface area contributed by atoms with Crippen LogP contribution in [0, 0.1) is 0 Å². The number of ether oxygens (including phenoxy) is 2. The van der Waals surface area contributed by atoms with Gasteiger partial charge in [0.2, 0.25) is 0 Å². The van der Waals surface area contributed by atoms with E-state index >= 15 is 0 Å². The molecule has 1 rings (SSSR count). The Labute approximate surface area is 156 Å². The second-order valence-corrected chi connectivity index (χ2v) is 6.16. The van der Waals surface area contributed by atoms with Gasteiger partial charge in [-0.1, -0.05) is 19.9 Å². The first-order chi connectivity index (χ1) is 12.6. The van der Waals surface area contributed by atoms with Crippen LogP contribution in [0.5, 0.6) is 11.5 Å². The van der Waals surface area contributed by atoms with Crippen molar-refractivity contribution in [2.75, 3.05) is 59.7 Å². The molecule has 0 spiro atoms. The van der Waals surface area contributed by atoms with Crippen molar-refractivity contribution in [3.63, 3.8) is 0 Å². The van der Waals surface area contributed by atoms with Gasteiger partial charge < -0.3 is 29.7 Å². The van der Waals surface area contributed by atoms with Gasteiger partial charge in [0.05, 0.1) is 20.3 Å². The molecule has 1 unspecified atom stereocenters. The maximum absolute atomic E-state index is 10.1. The average Bonchev–Trinajstić information content (AvgIpc) is 2.65. The molecular formula is C19H34N2O5. The SMILES string of the molecule is CCN(CC)CC(O)COc1ccc(CN(CCO)CCO)cc1OC. The highest BCUT2D eigenvalue weighted by Gasteiger charge is 2.13. The van der Waals surface area contributed by atoms with Crippen LogP contribution in [0.2, 0.25) is 0 Å². The molecule has 0 saturated carbocycles. The summed E-state index contributed by atoms with van der Waals surface area (Å²) < 4.78 is 11.1. The van der Waals surface area contributed by atoms with E-state index in [0.29, 0.717) is 37.7 Å². The Bertz CT molecular complexity index is 491. The predicted molar refractivity (Wildman–Crippen MR) is 102 cm³/mol. The van der Waals surface area contributed by atoms with Crippen LogP contribution in [0.3, 0.4) is 0 Å². The zero-order chi connectivity index (χ0) is 19.4. The van der Waals surface area contributed by atoms with Gasteiger partial charge in [0, 0.05) is 26.2 Å². The third-order valence-electron chi connectivity index (χ3n) is 4.26. The monoisotopic (exact) mass is 370 g/mol. The molecule has 0 aliphatic rings. The molecule has 1 aromatic carbocycles. The topological polar surface area (TPSA) is 85.6 Å². The lowest BCUT2D eigenvalue weighted by atomic mass is 10.2. The van der Waals surface area contributed by atoms with E-state index in [1.54, 1.807) is 7.11 Å². The van der Waals surface area contributed by atoms with Gasteiger partial charge in [-0.25, -0.2) is 0 Å². The number of likely N-dealkylation sites (N-methyl/N-ethyl adjacent to an activating group) is 1. The van der Waals surface area contributed by atoms with Crippen molar-refractivity contribution >= 4 is 0 Å². The summed E-state index contributed by atoms with van der Waals surface area (Å²) in [5.41, 5.74) is 1.000. The molecule has 0 aliphatic carbocycles. The van der Waals surface area contributed by atoms with E-state index in [2.05, 4.69) is 18.7 Å². The van der Waals surface area contributed by atoms with Crippen molar-refractivity contribution in [2.24, 2.45) is 0 Å². The summed E-state index contributed by atoms with van der Waals surface area (Å²) in [5.74, 6) is 1.19. The van der Waals surface area contributed by atoms with E-state index in [1.807, 2.05) is 23.1 Å². The highest BCUT2D eigenvalue weighted by molar-refractivity contribution is 5.43. The van der Waals surface area contributed by atoms with E-state index in [4.69, 9.17) is 19.7 Å². The van der Waals surface area contributed by atoms with Gasteiger partial charge in [-0.15, -0.1) is 0 Å². The van der Waals surface area contributed by atoms with Gasteiger partial charge in [-0.2, -0.15) is 0 Å². The van der Waals surface area contributed by atoms with Gasteiger partial charge in [-0.3, -0.25) is 4.90 Å². The Hall–Kier alpha value is -1.38. The number of hydrogen-bond acceptors (Lipinski definition) is 7. The Morgan fingerprint density at radius 2 is 1.65 bits per heavy atom. The Balaban J connectivity index is 2.67. The van der Waals surface area contributed by atoms with Gasteiger partial charge in [0.1, 0.15) is 12.7 Å². The maximum atomic E-state index is 10.1. The van der Waals surface area contributed by atoms with E-state index in [1.165, 1.54) is 0 Å². The first-order valence-electron chi connectivity index (χ1n) is 9.22. The maximum Gasteiger partial charge on any atom is 0.161 e. The zero-order valence-electron chi connectivity index (χ0n) is 16.2. The zero-order valence-corrected chi connectivity index (χ0v) is 16.2. The van der Waals surface area contributed by atoms with E-state index < -0.39 is 6.10 Å². The summed E-state index contributed by atoms with van der Waals surface area (Å²) in [6, 6.07) is 5.64. The first kappa shape index (κ1) is 22.7. The van der Waals surface area contributed by atoms with Crippen molar-refractivity contribution < 1.29 is 24.8 Å². The lowest BCUT2D eigenvalue weighted by molar-refractivity contribution is 0.0705. The van der Waals surface area contributed by atoms with Crippen molar-refractivity contribution in [1.29, 1.82) is 0 Å². The number of aliphatic hydroxyl groups is 3. The summed E-state index contributed by atoms with van der Waals surface area (Å²) in [4.78, 5) is 4.11. The fourth-order valence-electron chi connectivity index (χ4n) is 2.76.